The van der Waals surface area contributed by atoms with Gasteiger partial charge in [-0.2, -0.15) is 0 Å². The molecular formula is C32H49NO4. The summed E-state index contributed by atoms with van der Waals surface area (Å²) in [6.07, 6.45) is 13.5. The molecule has 0 aromatic carbocycles. The molecule has 37 heavy (non-hydrogen) atoms. The van der Waals surface area contributed by atoms with Crippen molar-refractivity contribution in [1.29, 1.82) is 0 Å². The Morgan fingerprint density at radius 3 is 2.62 bits per heavy atom. The number of esters is 1. The summed E-state index contributed by atoms with van der Waals surface area (Å²) in [5, 5.41) is 0. The molecule has 6 rings (SSSR count). The third-order valence-corrected chi connectivity index (χ3v) is 12.7. The van der Waals surface area contributed by atoms with Crippen LogP contribution in [0.4, 0.5) is 0 Å². The molecule has 0 N–H and O–H groups in total. The summed E-state index contributed by atoms with van der Waals surface area (Å²) in [7, 11) is 0. The highest BCUT2D eigenvalue weighted by Crippen LogP contribution is 2.70. The van der Waals surface area contributed by atoms with E-state index in [4.69, 9.17) is 9.47 Å². The lowest BCUT2D eigenvalue weighted by Crippen LogP contribution is -2.60. The molecule has 5 heteroatoms. The topological polar surface area (TPSA) is 55.8 Å². The van der Waals surface area contributed by atoms with Gasteiger partial charge < -0.3 is 14.4 Å². The highest BCUT2D eigenvalue weighted by atomic mass is 16.5. The average Bonchev–Trinajstić information content (AvgIpc) is 3.31. The van der Waals surface area contributed by atoms with E-state index >= 15 is 0 Å². The number of nitrogens with zero attached hydrogens (tertiary/aromatic N) is 1. The second-order valence-electron chi connectivity index (χ2n) is 14.3. The molecule has 2 aliphatic heterocycles. The van der Waals surface area contributed by atoms with E-state index < -0.39 is 5.72 Å². The van der Waals surface area contributed by atoms with Gasteiger partial charge in [-0.15, -0.1) is 0 Å². The number of allylic oxidation sites excluding steroid dienone is 1. The van der Waals surface area contributed by atoms with Crippen molar-refractivity contribution in [3.63, 3.8) is 0 Å². The van der Waals surface area contributed by atoms with Crippen molar-refractivity contribution < 1.29 is 19.1 Å². The molecule has 206 valence electrons. The number of likely N-dealkylation sites (tertiary alicyclic amines) is 1. The van der Waals surface area contributed by atoms with Crippen molar-refractivity contribution in [3.8, 4) is 0 Å². The third-order valence-electron chi connectivity index (χ3n) is 12.7. The van der Waals surface area contributed by atoms with Gasteiger partial charge in [-0.05, 0) is 91.8 Å². The highest BCUT2D eigenvalue weighted by molar-refractivity contribution is 5.74. The van der Waals surface area contributed by atoms with Gasteiger partial charge in [-0.25, -0.2) is 0 Å². The monoisotopic (exact) mass is 511 g/mol. The number of hydrogen-bond donors (Lipinski definition) is 0. The molecule has 2 saturated heterocycles. The van der Waals surface area contributed by atoms with Gasteiger partial charge in [0.05, 0.1) is 6.10 Å². The fraction of sp³-hybridized carbons (Fsp3) is 0.875. The number of fused-ring (bicyclic) bond motifs is 7. The van der Waals surface area contributed by atoms with Gasteiger partial charge >= 0.3 is 5.97 Å². The summed E-state index contributed by atoms with van der Waals surface area (Å²) >= 11 is 0. The molecule has 5 fully saturated rings. The van der Waals surface area contributed by atoms with Crippen LogP contribution < -0.4 is 0 Å². The van der Waals surface area contributed by atoms with Crippen molar-refractivity contribution in [2.24, 2.45) is 46.3 Å². The second-order valence-corrected chi connectivity index (χ2v) is 14.3. The van der Waals surface area contributed by atoms with Gasteiger partial charge in [0, 0.05) is 32.2 Å². The normalized spacial score (nSPS) is 50.5. The first kappa shape index (κ1) is 25.9. The number of piperidine rings is 1. The van der Waals surface area contributed by atoms with E-state index in [2.05, 4.69) is 38.7 Å². The summed E-state index contributed by atoms with van der Waals surface area (Å²) in [6, 6.07) is 0. The van der Waals surface area contributed by atoms with Crippen LogP contribution in [-0.2, 0) is 19.1 Å². The summed E-state index contributed by atoms with van der Waals surface area (Å²) < 4.78 is 12.9. The molecule has 0 aromatic rings. The van der Waals surface area contributed by atoms with Crippen molar-refractivity contribution in [3.05, 3.63) is 11.6 Å². The highest BCUT2D eigenvalue weighted by Gasteiger charge is 2.69. The van der Waals surface area contributed by atoms with Crippen LogP contribution in [0.2, 0.25) is 0 Å². The van der Waals surface area contributed by atoms with E-state index in [1.165, 1.54) is 19.3 Å². The zero-order chi connectivity index (χ0) is 26.3. The number of carbonyl (C=O) groups is 2. The maximum absolute atomic E-state index is 12.8. The second kappa shape index (κ2) is 8.83. The minimum Gasteiger partial charge on any atom is -0.462 e. The van der Waals surface area contributed by atoms with Gasteiger partial charge in [0.1, 0.15) is 11.8 Å². The van der Waals surface area contributed by atoms with Crippen LogP contribution in [0.15, 0.2) is 11.6 Å². The Labute approximate surface area is 224 Å². The molecule has 1 amide bonds. The average molecular weight is 512 g/mol. The van der Waals surface area contributed by atoms with E-state index in [1.807, 2.05) is 6.92 Å². The van der Waals surface area contributed by atoms with Crippen LogP contribution in [0, 0.1) is 46.3 Å². The van der Waals surface area contributed by atoms with Crippen LogP contribution in [0.25, 0.3) is 0 Å². The standard InChI is InChI=1S/C32H49NO4/c1-7-28(35)36-23-11-13-30(5)22(16-23)8-9-24-25(30)12-14-31(6)26(24)17-27-29(31)20(3)32(37-27)15-10-19(2)18-33(32)21(4)34/h8,19-20,23-27,29H,7,9-18H2,1-6H3/t19-,20-,23-,24+,25-,26-,27-,29+,30-,31-,32?/m0/s1. The predicted octanol–water partition coefficient (Wildman–Crippen LogP) is 6.51. The van der Waals surface area contributed by atoms with E-state index in [1.54, 1.807) is 12.5 Å². The van der Waals surface area contributed by atoms with Crippen molar-refractivity contribution in [2.75, 3.05) is 6.54 Å². The largest absolute Gasteiger partial charge is 0.462 e. The molecule has 5 nitrogen and oxygen atoms in total. The number of hydrogen-bond acceptors (Lipinski definition) is 4. The van der Waals surface area contributed by atoms with Crippen molar-refractivity contribution in [2.45, 2.75) is 124 Å². The first-order valence-corrected chi connectivity index (χ1v) is 15.4. The summed E-state index contributed by atoms with van der Waals surface area (Å²) in [5.41, 5.74) is 1.71. The predicted molar refractivity (Wildman–Crippen MR) is 143 cm³/mol. The summed E-state index contributed by atoms with van der Waals surface area (Å²) in [5.74, 6) is 3.73. The number of carbonyl (C=O) groups excluding carboxylic acids is 2. The summed E-state index contributed by atoms with van der Waals surface area (Å²) in [6.45, 7) is 14.3. The molecule has 0 radical (unpaired) electrons. The van der Waals surface area contributed by atoms with Gasteiger partial charge in [0.15, 0.2) is 0 Å². The number of ether oxygens (including phenoxy) is 2. The lowest BCUT2D eigenvalue weighted by Gasteiger charge is -2.59. The third kappa shape index (κ3) is 3.64. The first-order valence-electron chi connectivity index (χ1n) is 15.4. The Bertz CT molecular complexity index is 991. The summed E-state index contributed by atoms with van der Waals surface area (Å²) in [4.78, 5) is 26.9. The lowest BCUT2D eigenvalue weighted by atomic mass is 9.46. The van der Waals surface area contributed by atoms with Crippen LogP contribution in [0.3, 0.4) is 0 Å². The van der Waals surface area contributed by atoms with Gasteiger partial charge in [0.25, 0.3) is 0 Å². The fourth-order valence-corrected chi connectivity index (χ4v) is 10.8. The zero-order valence-corrected chi connectivity index (χ0v) is 24.1. The minimum absolute atomic E-state index is 0.0588. The van der Waals surface area contributed by atoms with Crippen molar-refractivity contribution >= 4 is 11.9 Å². The number of rotatable bonds is 2. The molecule has 6 aliphatic rings. The molecule has 11 atom stereocenters. The molecule has 0 bridgehead atoms. The first-order chi connectivity index (χ1) is 17.5. The maximum atomic E-state index is 12.8. The van der Waals surface area contributed by atoms with Crippen LogP contribution in [0.1, 0.15) is 106 Å². The Morgan fingerprint density at radius 2 is 1.89 bits per heavy atom. The van der Waals surface area contributed by atoms with Crippen molar-refractivity contribution in [1.82, 2.24) is 4.90 Å². The Kier molecular flexibility index (Phi) is 6.18. The molecule has 1 spiro atoms. The van der Waals surface area contributed by atoms with Crippen LogP contribution >= 0.6 is 0 Å². The molecule has 4 aliphatic carbocycles. The maximum Gasteiger partial charge on any atom is 0.305 e. The molecule has 1 unspecified atom stereocenters. The minimum atomic E-state index is -0.390. The van der Waals surface area contributed by atoms with Gasteiger partial charge in [-0.3, -0.25) is 9.59 Å². The zero-order valence-electron chi connectivity index (χ0n) is 24.1. The molecule has 0 aromatic heterocycles. The molecular weight excluding hydrogens is 462 g/mol. The smallest absolute Gasteiger partial charge is 0.305 e. The molecule has 2 heterocycles. The SMILES string of the molecule is CCC(=O)O[C@H]1CC[C@@]2(C)C(=CC[C@H]3[C@@H]4C[C@@H]5OC6(CC[C@H](C)CN6C(C)=O)[C@@H](C)[C@H]5[C@@]4(C)CC[C@@H]32)C1. The quantitative estimate of drug-likeness (QED) is 0.313. The Morgan fingerprint density at radius 1 is 1.11 bits per heavy atom. The van der Waals surface area contributed by atoms with E-state index in [0.717, 1.165) is 56.9 Å². The lowest BCUT2D eigenvalue weighted by molar-refractivity contribution is -0.200. The van der Waals surface area contributed by atoms with Crippen LogP contribution in [0.5, 0.6) is 0 Å². The van der Waals surface area contributed by atoms with E-state index in [9.17, 15) is 9.59 Å². The Hall–Kier alpha value is -1.36. The van der Waals surface area contributed by atoms with E-state index in [0.29, 0.717) is 30.1 Å². The fourth-order valence-electron chi connectivity index (χ4n) is 10.8. The van der Waals surface area contributed by atoms with Gasteiger partial charge in [0.2, 0.25) is 5.91 Å². The Balaban J connectivity index is 1.24. The van der Waals surface area contributed by atoms with E-state index in [-0.39, 0.29) is 34.9 Å². The van der Waals surface area contributed by atoms with Crippen LogP contribution in [-0.4, -0.2) is 41.3 Å². The molecule has 3 saturated carbocycles. The number of amides is 1. The van der Waals surface area contributed by atoms with Gasteiger partial charge in [-0.1, -0.05) is 46.3 Å².